The van der Waals surface area contributed by atoms with E-state index in [0.29, 0.717) is 6.29 Å². The van der Waals surface area contributed by atoms with Crippen LogP contribution in [0.2, 0.25) is 0 Å². The minimum atomic E-state index is -3.84. The standard InChI is InChI=1S/C4H8O4S2/c5-1-2-9-3-4-10(6,7)8/h1H,2-4H2,(H,6,7,8). The van der Waals surface area contributed by atoms with Gasteiger partial charge in [-0.3, -0.25) is 4.55 Å². The van der Waals surface area contributed by atoms with Crippen LogP contribution in [0.4, 0.5) is 0 Å². The summed E-state index contributed by atoms with van der Waals surface area (Å²) >= 11 is 1.17. The summed E-state index contributed by atoms with van der Waals surface area (Å²) in [6.45, 7) is 0. The van der Waals surface area contributed by atoms with Crippen molar-refractivity contribution in [2.75, 3.05) is 17.3 Å². The highest BCUT2D eigenvalue weighted by molar-refractivity contribution is 8.00. The topological polar surface area (TPSA) is 71.4 Å². The van der Waals surface area contributed by atoms with Crippen molar-refractivity contribution >= 4 is 28.2 Å². The Morgan fingerprint density at radius 1 is 1.50 bits per heavy atom. The van der Waals surface area contributed by atoms with Gasteiger partial charge in [-0.1, -0.05) is 0 Å². The zero-order chi connectivity index (χ0) is 8.04. The third-order valence-corrected chi connectivity index (χ3v) is 2.51. The van der Waals surface area contributed by atoms with Crippen molar-refractivity contribution in [3.8, 4) is 0 Å². The van der Waals surface area contributed by atoms with Gasteiger partial charge < -0.3 is 4.79 Å². The molecule has 0 bridgehead atoms. The summed E-state index contributed by atoms with van der Waals surface area (Å²) in [6, 6.07) is 0. The second-order valence-electron chi connectivity index (χ2n) is 1.53. The zero-order valence-electron chi connectivity index (χ0n) is 5.19. The Labute approximate surface area is 63.7 Å². The van der Waals surface area contributed by atoms with E-state index in [2.05, 4.69) is 0 Å². The zero-order valence-corrected chi connectivity index (χ0v) is 6.82. The number of hydrogen-bond acceptors (Lipinski definition) is 4. The Morgan fingerprint density at radius 3 is 2.50 bits per heavy atom. The Hall–Kier alpha value is -0.0700. The van der Waals surface area contributed by atoms with Crippen molar-refractivity contribution in [1.82, 2.24) is 0 Å². The molecule has 0 aromatic rings. The van der Waals surface area contributed by atoms with Crippen molar-refractivity contribution in [3.05, 3.63) is 0 Å². The third kappa shape index (κ3) is 7.93. The van der Waals surface area contributed by atoms with E-state index in [1.165, 1.54) is 11.8 Å². The van der Waals surface area contributed by atoms with E-state index in [4.69, 9.17) is 4.55 Å². The highest BCUT2D eigenvalue weighted by Gasteiger charge is 2.02. The fourth-order valence-electron chi connectivity index (χ4n) is 0.296. The molecule has 6 heteroatoms. The average Bonchev–Trinajstić information content (AvgIpc) is 1.78. The first-order chi connectivity index (χ1) is 4.56. The molecule has 0 rings (SSSR count). The minimum absolute atomic E-state index is 0.261. The van der Waals surface area contributed by atoms with Gasteiger partial charge in [-0.2, -0.15) is 20.2 Å². The first-order valence-electron chi connectivity index (χ1n) is 2.53. The van der Waals surface area contributed by atoms with E-state index < -0.39 is 10.1 Å². The van der Waals surface area contributed by atoms with Crippen LogP contribution in [0.25, 0.3) is 0 Å². The maximum absolute atomic E-state index is 10.0. The van der Waals surface area contributed by atoms with Crippen LogP contribution in [0.15, 0.2) is 0 Å². The lowest BCUT2D eigenvalue weighted by atomic mass is 10.9. The van der Waals surface area contributed by atoms with Gasteiger partial charge in [0.05, 0.1) is 5.75 Å². The lowest BCUT2D eigenvalue weighted by molar-refractivity contribution is -0.105. The molecule has 0 aliphatic heterocycles. The maximum Gasteiger partial charge on any atom is 0.265 e. The second kappa shape index (κ2) is 4.70. The largest absolute Gasteiger partial charge is 0.302 e. The molecule has 0 fully saturated rings. The van der Waals surface area contributed by atoms with E-state index in [1.807, 2.05) is 0 Å². The van der Waals surface area contributed by atoms with Gasteiger partial charge in [-0.25, -0.2) is 0 Å². The van der Waals surface area contributed by atoms with Crippen LogP contribution in [0.3, 0.4) is 0 Å². The lowest BCUT2D eigenvalue weighted by Crippen LogP contribution is -2.06. The number of thioether (sulfide) groups is 1. The molecule has 0 aliphatic rings. The highest BCUT2D eigenvalue weighted by atomic mass is 32.2. The number of carbonyl (C=O) groups excluding carboxylic acids is 1. The van der Waals surface area contributed by atoms with Crippen LogP contribution < -0.4 is 0 Å². The van der Waals surface area contributed by atoms with Crippen LogP contribution >= 0.6 is 11.8 Å². The number of rotatable bonds is 5. The average molecular weight is 184 g/mol. The molecule has 0 saturated heterocycles. The van der Waals surface area contributed by atoms with Gasteiger partial charge in [-0.15, -0.1) is 0 Å². The number of carbonyl (C=O) groups is 1. The summed E-state index contributed by atoms with van der Waals surface area (Å²) in [5.74, 6) is 0.249. The Balaban J connectivity index is 3.29. The van der Waals surface area contributed by atoms with Crippen molar-refractivity contribution in [3.63, 3.8) is 0 Å². The Morgan fingerprint density at radius 2 is 2.10 bits per heavy atom. The van der Waals surface area contributed by atoms with Crippen LogP contribution in [-0.4, -0.2) is 36.5 Å². The first-order valence-corrected chi connectivity index (χ1v) is 5.29. The number of aldehydes is 1. The third-order valence-electron chi connectivity index (χ3n) is 0.672. The van der Waals surface area contributed by atoms with Crippen LogP contribution in [0, 0.1) is 0 Å². The van der Waals surface area contributed by atoms with Gasteiger partial charge in [0.15, 0.2) is 0 Å². The van der Waals surface area contributed by atoms with Crippen molar-refractivity contribution in [2.45, 2.75) is 0 Å². The SMILES string of the molecule is O=CCSCCS(=O)(=O)O. The fourth-order valence-corrected chi connectivity index (χ4v) is 1.87. The molecule has 0 amide bonds. The summed E-state index contributed by atoms with van der Waals surface area (Å²) in [5, 5.41) is 0. The normalized spacial score (nSPS) is 11.3. The maximum atomic E-state index is 10.0. The Bertz CT molecular complexity index is 183. The van der Waals surface area contributed by atoms with Crippen molar-refractivity contribution in [2.24, 2.45) is 0 Å². The van der Waals surface area contributed by atoms with Gasteiger partial charge in [0, 0.05) is 11.5 Å². The molecule has 0 aliphatic carbocycles. The smallest absolute Gasteiger partial charge is 0.265 e. The minimum Gasteiger partial charge on any atom is -0.302 e. The number of hydrogen-bond donors (Lipinski definition) is 1. The molecular weight excluding hydrogens is 176 g/mol. The summed E-state index contributed by atoms with van der Waals surface area (Å²) in [7, 11) is -3.84. The molecule has 4 nitrogen and oxygen atoms in total. The van der Waals surface area contributed by atoms with Crippen molar-refractivity contribution < 1.29 is 17.8 Å². The molecule has 0 atom stereocenters. The molecule has 0 aromatic heterocycles. The molecule has 0 heterocycles. The summed E-state index contributed by atoms with van der Waals surface area (Å²) in [4.78, 5) is 9.70. The van der Waals surface area contributed by atoms with E-state index >= 15 is 0 Å². The molecule has 0 spiro atoms. The van der Waals surface area contributed by atoms with Gasteiger partial charge in [0.2, 0.25) is 0 Å². The molecule has 0 radical (unpaired) electrons. The summed E-state index contributed by atoms with van der Waals surface area (Å²) < 4.78 is 28.3. The fraction of sp³-hybridized carbons (Fsp3) is 0.750. The summed E-state index contributed by atoms with van der Waals surface area (Å²) in [6.07, 6.45) is 0.689. The molecule has 10 heavy (non-hydrogen) atoms. The van der Waals surface area contributed by atoms with Crippen LogP contribution in [0.1, 0.15) is 0 Å². The lowest BCUT2D eigenvalue weighted by Gasteiger charge is -1.92. The summed E-state index contributed by atoms with van der Waals surface area (Å²) in [5.41, 5.74) is 0. The van der Waals surface area contributed by atoms with Gasteiger partial charge in [-0.05, 0) is 0 Å². The molecule has 0 unspecified atom stereocenters. The second-order valence-corrected chi connectivity index (χ2v) is 4.25. The molecule has 60 valence electrons. The predicted octanol–water partition coefficient (Wildman–Crippen LogP) is -0.194. The van der Waals surface area contributed by atoms with E-state index in [9.17, 15) is 13.2 Å². The van der Waals surface area contributed by atoms with Crippen LogP contribution in [0.5, 0.6) is 0 Å². The Kier molecular flexibility index (Phi) is 4.67. The van der Waals surface area contributed by atoms with Gasteiger partial charge in [0.25, 0.3) is 10.1 Å². The van der Waals surface area contributed by atoms with Crippen LogP contribution in [-0.2, 0) is 14.9 Å². The van der Waals surface area contributed by atoms with E-state index in [0.717, 1.165) is 0 Å². The van der Waals surface area contributed by atoms with E-state index in [1.54, 1.807) is 0 Å². The highest BCUT2D eigenvalue weighted by Crippen LogP contribution is 1.97. The van der Waals surface area contributed by atoms with Gasteiger partial charge in [0.1, 0.15) is 6.29 Å². The van der Waals surface area contributed by atoms with Crippen molar-refractivity contribution in [1.29, 1.82) is 0 Å². The van der Waals surface area contributed by atoms with E-state index in [-0.39, 0.29) is 17.3 Å². The molecule has 1 N–H and O–H groups in total. The molecule has 0 saturated carbocycles. The monoisotopic (exact) mass is 184 g/mol. The quantitative estimate of drug-likeness (QED) is 0.364. The molecule has 0 aromatic carbocycles. The first kappa shape index (κ1) is 9.93. The predicted molar refractivity (Wildman–Crippen MR) is 39.8 cm³/mol. The molecular formula is C4H8O4S2. The van der Waals surface area contributed by atoms with Gasteiger partial charge >= 0.3 is 0 Å².